The lowest BCUT2D eigenvalue weighted by molar-refractivity contribution is -0.136. The summed E-state index contributed by atoms with van der Waals surface area (Å²) in [6.07, 6.45) is 1.18. The minimum atomic E-state index is -1.02. The van der Waals surface area contributed by atoms with E-state index in [0.29, 0.717) is 0 Å². The summed E-state index contributed by atoms with van der Waals surface area (Å²) >= 11 is 3.61. The summed E-state index contributed by atoms with van der Waals surface area (Å²) in [5, 5.41) is 8.03. The van der Waals surface area contributed by atoms with E-state index in [1.165, 1.54) is 12.3 Å². The Labute approximate surface area is 80.0 Å². The third-order valence-electron chi connectivity index (χ3n) is 1.44. The Morgan fingerprint density at radius 2 is 2.23 bits per heavy atom. The quantitative estimate of drug-likeness (QED) is 0.702. The van der Waals surface area contributed by atoms with Crippen molar-refractivity contribution in [3.8, 4) is 0 Å². The Bertz CT molecular complexity index is 351. The van der Waals surface area contributed by atoms with Crippen LogP contribution in [0.15, 0.2) is 18.3 Å². The van der Waals surface area contributed by atoms with E-state index in [9.17, 15) is 9.59 Å². The molecule has 0 radical (unpaired) electrons. The van der Waals surface area contributed by atoms with Crippen LogP contribution in [-0.2, 0) is 11.2 Å². The molecule has 1 aromatic rings. The van der Waals surface area contributed by atoms with Crippen molar-refractivity contribution in [2.45, 2.75) is 6.42 Å². The summed E-state index contributed by atoms with van der Waals surface area (Å²) in [7, 11) is 0. The molecule has 0 bridgehead atoms. The monoisotopic (exact) mass is 197 g/mol. The van der Waals surface area contributed by atoms with Gasteiger partial charge in [-0.15, -0.1) is 12.6 Å². The second-order valence-corrected chi connectivity index (χ2v) is 2.78. The molecular weight excluding hydrogens is 190 g/mol. The number of pyridine rings is 1. The molecule has 0 aromatic carbocycles. The average molecular weight is 197 g/mol. The summed E-state index contributed by atoms with van der Waals surface area (Å²) in [5.41, 5.74) is 0.489. The third kappa shape index (κ3) is 2.55. The lowest BCUT2D eigenvalue weighted by atomic mass is 10.1. The Balaban J connectivity index is 3.04. The SMILES string of the molecule is O=C(O)Cc1ncccc1C(=O)S. The van der Waals surface area contributed by atoms with Crippen LogP contribution in [0.2, 0.25) is 0 Å². The van der Waals surface area contributed by atoms with Crippen LogP contribution in [0.5, 0.6) is 0 Å². The van der Waals surface area contributed by atoms with Gasteiger partial charge in [0.1, 0.15) is 0 Å². The Morgan fingerprint density at radius 3 is 2.77 bits per heavy atom. The van der Waals surface area contributed by atoms with E-state index in [1.807, 2.05) is 0 Å². The van der Waals surface area contributed by atoms with Gasteiger partial charge in [-0.2, -0.15) is 0 Å². The van der Waals surface area contributed by atoms with Crippen molar-refractivity contribution in [2.24, 2.45) is 0 Å². The number of nitrogens with zero attached hydrogens (tertiary/aromatic N) is 1. The Kier molecular flexibility index (Phi) is 3.02. The van der Waals surface area contributed by atoms with Gasteiger partial charge in [0.05, 0.1) is 17.7 Å². The number of rotatable bonds is 3. The molecule has 1 rings (SSSR count). The Hall–Kier alpha value is -1.36. The maximum Gasteiger partial charge on any atom is 0.309 e. The molecule has 0 saturated heterocycles. The highest BCUT2D eigenvalue weighted by molar-refractivity contribution is 7.97. The zero-order valence-electron chi connectivity index (χ0n) is 6.60. The first-order valence-electron chi connectivity index (χ1n) is 3.50. The first kappa shape index (κ1) is 9.73. The smallest absolute Gasteiger partial charge is 0.309 e. The molecular formula is C8H7NO3S. The average Bonchev–Trinajstić information content (AvgIpc) is 2.03. The van der Waals surface area contributed by atoms with Crippen molar-refractivity contribution in [1.82, 2.24) is 4.98 Å². The fourth-order valence-electron chi connectivity index (χ4n) is 0.917. The molecule has 5 heteroatoms. The maximum absolute atomic E-state index is 10.9. The standard InChI is InChI=1S/C8H7NO3S/c10-7(11)4-6-5(8(12)13)2-1-3-9-6/h1-3H,4H2,(H,10,11)(H,12,13). The summed E-state index contributed by atoms with van der Waals surface area (Å²) < 4.78 is 0. The number of aromatic nitrogens is 1. The van der Waals surface area contributed by atoms with Crippen molar-refractivity contribution in [3.63, 3.8) is 0 Å². The van der Waals surface area contributed by atoms with Crippen LogP contribution < -0.4 is 0 Å². The summed E-state index contributed by atoms with van der Waals surface area (Å²) in [6.45, 7) is 0. The molecule has 4 nitrogen and oxygen atoms in total. The van der Waals surface area contributed by atoms with Crippen LogP contribution in [0.4, 0.5) is 0 Å². The summed E-state index contributed by atoms with van der Waals surface area (Å²) in [6, 6.07) is 3.06. The molecule has 1 N–H and O–H groups in total. The predicted octanol–water partition coefficient (Wildman–Crippen LogP) is 0.779. The zero-order chi connectivity index (χ0) is 9.84. The molecule has 1 heterocycles. The molecule has 0 saturated carbocycles. The van der Waals surface area contributed by atoms with Crippen LogP contribution >= 0.6 is 12.6 Å². The van der Waals surface area contributed by atoms with E-state index in [0.717, 1.165) is 0 Å². The normalized spacial score (nSPS) is 9.62. The highest BCUT2D eigenvalue weighted by Crippen LogP contribution is 2.08. The summed E-state index contributed by atoms with van der Waals surface area (Å²) in [4.78, 5) is 25.0. The van der Waals surface area contributed by atoms with Gasteiger partial charge < -0.3 is 5.11 Å². The van der Waals surface area contributed by atoms with E-state index in [2.05, 4.69) is 17.6 Å². The van der Waals surface area contributed by atoms with Crippen molar-refractivity contribution < 1.29 is 14.7 Å². The predicted molar refractivity (Wildman–Crippen MR) is 48.9 cm³/mol. The van der Waals surface area contributed by atoms with Crippen LogP contribution in [0.3, 0.4) is 0 Å². The van der Waals surface area contributed by atoms with E-state index in [4.69, 9.17) is 5.11 Å². The molecule has 13 heavy (non-hydrogen) atoms. The molecule has 0 fully saturated rings. The number of carboxylic acids is 1. The number of aliphatic carboxylic acids is 1. The minimum absolute atomic E-state index is 0.244. The second kappa shape index (κ2) is 4.04. The van der Waals surface area contributed by atoms with Gasteiger partial charge >= 0.3 is 5.97 Å². The van der Waals surface area contributed by atoms with E-state index in [1.54, 1.807) is 6.07 Å². The fourth-order valence-corrected chi connectivity index (χ4v) is 1.12. The van der Waals surface area contributed by atoms with Crippen molar-refractivity contribution >= 4 is 23.7 Å². The number of carbonyl (C=O) groups is 2. The number of hydrogen-bond acceptors (Lipinski definition) is 3. The van der Waals surface area contributed by atoms with Crippen LogP contribution in [-0.4, -0.2) is 21.2 Å². The van der Waals surface area contributed by atoms with Gasteiger partial charge in [0.2, 0.25) is 5.12 Å². The second-order valence-electron chi connectivity index (χ2n) is 2.37. The molecule has 0 atom stereocenters. The van der Waals surface area contributed by atoms with Gasteiger partial charge in [-0.1, -0.05) is 0 Å². The molecule has 0 unspecified atom stereocenters. The lowest BCUT2D eigenvalue weighted by Gasteiger charge is -2.00. The van der Waals surface area contributed by atoms with Crippen molar-refractivity contribution in [1.29, 1.82) is 0 Å². The van der Waals surface area contributed by atoms with Gasteiger partial charge in [-0.05, 0) is 12.1 Å². The molecule has 0 aliphatic rings. The summed E-state index contributed by atoms with van der Waals surface area (Å²) in [5.74, 6) is -1.02. The van der Waals surface area contributed by atoms with Gasteiger partial charge in [0, 0.05) is 6.20 Å². The van der Waals surface area contributed by atoms with Gasteiger partial charge in [-0.3, -0.25) is 14.6 Å². The molecule has 68 valence electrons. The Morgan fingerprint density at radius 1 is 1.54 bits per heavy atom. The number of carbonyl (C=O) groups excluding carboxylic acids is 1. The lowest BCUT2D eigenvalue weighted by Crippen LogP contribution is -2.07. The highest BCUT2D eigenvalue weighted by atomic mass is 32.1. The molecule has 0 amide bonds. The van der Waals surface area contributed by atoms with Crippen LogP contribution in [0, 0.1) is 0 Å². The van der Waals surface area contributed by atoms with Crippen LogP contribution in [0.25, 0.3) is 0 Å². The molecule has 0 spiro atoms. The largest absolute Gasteiger partial charge is 0.481 e. The van der Waals surface area contributed by atoms with E-state index in [-0.39, 0.29) is 17.7 Å². The van der Waals surface area contributed by atoms with Gasteiger partial charge in [0.25, 0.3) is 0 Å². The first-order valence-corrected chi connectivity index (χ1v) is 3.95. The fraction of sp³-hybridized carbons (Fsp3) is 0.125. The zero-order valence-corrected chi connectivity index (χ0v) is 7.49. The van der Waals surface area contributed by atoms with Gasteiger partial charge in [0.15, 0.2) is 0 Å². The van der Waals surface area contributed by atoms with E-state index < -0.39 is 11.1 Å². The van der Waals surface area contributed by atoms with Gasteiger partial charge in [-0.25, -0.2) is 0 Å². The molecule has 1 aromatic heterocycles. The van der Waals surface area contributed by atoms with E-state index >= 15 is 0 Å². The molecule has 0 aliphatic carbocycles. The number of thiol groups is 1. The highest BCUT2D eigenvalue weighted by Gasteiger charge is 2.11. The minimum Gasteiger partial charge on any atom is -0.481 e. The van der Waals surface area contributed by atoms with Crippen molar-refractivity contribution in [3.05, 3.63) is 29.6 Å². The molecule has 0 aliphatic heterocycles. The number of hydrogen-bond donors (Lipinski definition) is 2. The topological polar surface area (TPSA) is 67.3 Å². The van der Waals surface area contributed by atoms with Crippen molar-refractivity contribution in [2.75, 3.05) is 0 Å². The first-order chi connectivity index (χ1) is 6.11. The third-order valence-corrected chi connectivity index (χ3v) is 1.68. The van der Waals surface area contributed by atoms with Crippen LogP contribution in [0.1, 0.15) is 16.1 Å². The number of carboxylic acid groups (broad SMARTS) is 1. The maximum atomic E-state index is 10.9.